The van der Waals surface area contributed by atoms with E-state index in [2.05, 4.69) is 0 Å². The van der Waals surface area contributed by atoms with E-state index < -0.39 is 48.6 Å². The molecule has 1 aromatic carbocycles. The predicted octanol–water partition coefficient (Wildman–Crippen LogP) is 5.61. The second-order valence-electron chi connectivity index (χ2n) is 4.94. The second kappa shape index (κ2) is 6.79. The standard InChI is InChI=1S/C14H6Cl2F6N2OS/c1-6-8(4-23)11(26(25)14(20,21)22)5-24(6)12-9(15)2-7(3-10(12)16)13(17,18)19/h2-3,5H,1H3. The Hall–Kier alpha value is -1.70. The molecule has 0 spiro atoms. The van der Waals surface area contributed by atoms with Gasteiger partial charge in [-0.3, -0.25) is 0 Å². The van der Waals surface area contributed by atoms with Gasteiger partial charge in [0.25, 0.3) is 0 Å². The number of aromatic nitrogens is 1. The minimum absolute atomic E-state index is 0.108. The smallest absolute Gasteiger partial charge is 0.316 e. The number of benzene rings is 1. The Morgan fingerprint density at radius 1 is 1.12 bits per heavy atom. The van der Waals surface area contributed by atoms with Crippen LogP contribution in [0.4, 0.5) is 26.3 Å². The molecule has 0 fully saturated rings. The molecular weight excluding hydrogens is 429 g/mol. The van der Waals surface area contributed by atoms with Crippen molar-refractivity contribution in [1.29, 1.82) is 5.26 Å². The lowest BCUT2D eigenvalue weighted by Crippen LogP contribution is -2.16. The molecule has 2 rings (SSSR count). The third kappa shape index (κ3) is 3.70. The summed E-state index contributed by atoms with van der Waals surface area (Å²) in [5.74, 6) is 0. The molecule has 0 amide bonds. The minimum Gasteiger partial charge on any atom is -0.316 e. The Morgan fingerprint density at radius 2 is 1.62 bits per heavy atom. The summed E-state index contributed by atoms with van der Waals surface area (Å²) in [6.45, 7) is 1.22. The van der Waals surface area contributed by atoms with E-state index in [1.165, 1.54) is 13.0 Å². The third-order valence-electron chi connectivity index (χ3n) is 3.32. The summed E-state index contributed by atoms with van der Waals surface area (Å²) in [5.41, 5.74) is -7.18. The van der Waals surface area contributed by atoms with Crippen LogP contribution < -0.4 is 0 Å². The molecule has 3 nitrogen and oxygen atoms in total. The molecular formula is C14H6Cl2F6N2OS. The maximum absolute atomic E-state index is 12.8. The van der Waals surface area contributed by atoms with Gasteiger partial charge >= 0.3 is 11.7 Å². The van der Waals surface area contributed by atoms with Gasteiger partial charge in [-0.2, -0.15) is 31.6 Å². The van der Waals surface area contributed by atoms with Gasteiger partial charge in [-0.15, -0.1) is 0 Å². The van der Waals surface area contributed by atoms with Gasteiger partial charge in [0.05, 0.1) is 31.8 Å². The van der Waals surface area contributed by atoms with Crippen molar-refractivity contribution in [3.63, 3.8) is 0 Å². The molecule has 0 radical (unpaired) electrons. The van der Waals surface area contributed by atoms with Crippen molar-refractivity contribution in [3.05, 3.63) is 45.2 Å². The van der Waals surface area contributed by atoms with Gasteiger partial charge in [0.1, 0.15) is 6.07 Å². The number of hydrogen-bond donors (Lipinski definition) is 0. The van der Waals surface area contributed by atoms with E-state index in [1.807, 2.05) is 0 Å². The fourth-order valence-electron chi connectivity index (χ4n) is 2.17. The predicted molar refractivity (Wildman–Crippen MR) is 82.7 cm³/mol. The molecule has 2 aromatic rings. The summed E-state index contributed by atoms with van der Waals surface area (Å²) < 4.78 is 89.1. The Morgan fingerprint density at radius 3 is 2.00 bits per heavy atom. The van der Waals surface area contributed by atoms with Crippen LogP contribution in [0.3, 0.4) is 0 Å². The van der Waals surface area contributed by atoms with Crippen molar-refractivity contribution in [3.8, 4) is 11.8 Å². The van der Waals surface area contributed by atoms with Crippen LogP contribution >= 0.6 is 23.2 Å². The number of hydrogen-bond acceptors (Lipinski definition) is 2. The van der Waals surface area contributed by atoms with Crippen LogP contribution in [0.1, 0.15) is 16.8 Å². The quantitative estimate of drug-likeness (QED) is 0.576. The topological polar surface area (TPSA) is 45.8 Å². The van der Waals surface area contributed by atoms with E-state index in [4.69, 9.17) is 28.5 Å². The summed E-state index contributed by atoms with van der Waals surface area (Å²) in [5, 5.41) is 8.08. The Labute approximate surface area is 155 Å². The van der Waals surface area contributed by atoms with Gasteiger partial charge in [-0.1, -0.05) is 23.2 Å². The summed E-state index contributed by atoms with van der Waals surface area (Å²) in [6, 6.07) is 2.60. The van der Waals surface area contributed by atoms with E-state index >= 15 is 0 Å². The summed E-state index contributed by atoms with van der Waals surface area (Å²) in [7, 11) is -3.52. The van der Waals surface area contributed by atoms with Gasteiger partial charge in [-0.25, -0.2) is 4.21 Å². The number of rotatable bonds is 2. The van der Waals surface area contributed by atoms with Crippen molar-refractivity contribution in [2.75, 3.05) is 0 Å². The van der Waals surface area contributed by atoms with Crippen LogP contribution in [0.5, 0.6) is 0 Å². The molecule has 1 unspecified atom stereocenters. The first-order valence-corrected chi connectivity index (χ1v) is 8.36. The van der Waals surface area contributed by atoms with Crippen LogP contribution in [0.25, 0.3) is 5.69 Å². The van der Waals surface area contributed by atoms with Gasteiger partial charge < -0.3 is 4.57 Å². The highest BCUT2D eigenvalue weighted by Crippen LogP contribution is 2.39. The summed E-state index contributed by atoms with van der Waals surface area (Å²) >= 11 is 11.7. The van der Waals surface area contributed by atoms with E-state index in [1.54, 1.807) is 0 Å². The zero-order valence-electron chi connectivity index (χ0n) is 12.5. The minimum atomic E-state index is -5.13. The van der Waals surface area contributed by atoms with Crippen molar-refractivity contribution < 1.29 is 30.6 Å². The van der Waals surface area contributed by atoms with Gasteiger partial charge in [0, 0.05) is 11.9 Å². The summed E-state index contributed by atoms with van der Waals surface area (Å²) in [4.78, 5) is -0.843. The molecule has 0 saturated carbocycles. The fourth-order valence-corrected chi connectivity index (χ4v) is 3.67. The number of alkyl halides is 6. The van der Waals surface area contributed by atoms with Gasteiger partial charge in [0.2, 0.25) is 0 Å². The van der Waals surface area contributed by atoms with E-state index in [0.29, 0.717) is 12.1 Å². The molecule has 1 heterocycles. The maximum atomic E-state index is 12.8. The maximum Gasteiger partial charge on any atom is 0.475 e. The zero-order valence-corrected chi connectivity index (χ0v) is 14.8. The van der Waals surface area contributed by atoms with Gasteiger partial charge in [0.15, 0.2) is 10.8 Å². The summed E-state index contributed by atoms with van der Waals surface area (Å²) in [6.07, 6.45) is -4.02. The molecule has 12 heteroatoms. The molecule has 0 aliphatic rings. The largest absolute Gasteiger partial charge is 0.475 e. The average Bonchev–Trinajstić information content (AvgIpc) is 2.80. The number of nitrogens with zero attached hydrogens (tertiary/aromatic N) is 2. The molecule has 0 N–H and O–H groups in total. The lowest BCUT2D eigenvalue weighted by atomic mass is 10.2. The molecule has 0 aliphatic carbocycles. The van der Waals surface area contributed by atoms with E-state index in [0.717, 1.165) is 10.8 Å². The monoisotopic (exact) mass is 434 g/mol. The highest BCUT2D eigenvalue weighted by Gasteiger charge is 2.41. The average molecular weight is 435 g/mol. The highest BCUT2D eigenvalue weighted by atomic mass is 35.5. The lowest BCUT2D eigenvalue weighted by Gasteiger charge is -2.14. The van der Waals surface area contributed by atoms with Gasteiger partial charge in [-0.05, 0) is 19.1 Å². The first-order valence-electron chi connectivity index (χ1n) is 6.46. The Bertz CT molecular complexity index is 920. The van der Waals surface area contributed by atoms with Crippen LogP contribution in [-0.4, -0.2) is 14.3 Å². The molecule has 26 heavy (non-hydrogen) atoms. The first-order chi connectivity index (χ1) is 11.8. The van der Waals surface area contributed by atoms with E-state index in [9.17, 15) is 30.6 Å². The molecule has 0 saturated heterocycles. The normalized spacial score (nSPS) is 13.5. The molecule has 0 aliphatic heterocycles. The van der Waals surface area contributed by atoms with Crippen LogP contribution in [0.15, 0.2) is 23.2 Å². The van der Waals surface area contributed by atoms with Crippen molar-refractivity contribution in [2.24, 2.45) is 0 Å². The van der Waals surface area contributed by atoms with Crippen molar-refractivity contribution in [2.45, 2.75) is 23.5 Å². The number of halogens is 8. The third-order valence-corrected chi connectivity index (χ3v) is 5.03. The molecule has 1 atom stereocenters. The van der Waals surface area contributed by atoms with Crippen molar-refractivity contribution in [1.82, 2.24) is 4.57 Å². The Kier molecular flexibility index (Phi) is 5.38. The lowest BCUT2D eigenvalue weighted by molar-refractivity contribution is -0.137. The highest BCUT2D eigenvalue weighted by molar-refractivity contribution is 7.86. The molecule has 0 bridgehead atoms. The number of nitriles is 1. The first kappa shape index (κ1) is 20.6. The van der Waals surface area contributed by atoms with Crippen molar-refractivity contribution >= 4 is 34.0 Å². The van der Waals surface area contributed by atoms with Crippen LogP contribution in [0.2, 0.25) is 10.0 Å². The zero-order chi connectivity index (χ0) is 20.0. The van der Waals surface area contributed by atoms with Crippen LogP contribution in [-0.2, 0) is 17.0 Å². The second-order valence-corrected chi connectivity index (χ2v) is 7.19. The van der Waals surface area contributed by atoms with E-state index in [-0.39, 0.29) is 11.4 Å². The fraction of sp³-hybridized carbons (Fsp3) is 0.214. The van der Waals surface area contributed by atoms with Crippen LogP contribution in [0, 0.1) is 18.3 Å². The molecule has 140 valence electrons. The molecule has 1 aromatic heterocycles. The SMILES string of the molecule is Cc1c(C#N)c(S(=O)C(F)(F)F)cn1-c1c(Cl)cc(C(F)(F)F)cc1Cl. The Balaban J connectivity index is 2.74.